The number of fused-ring (bicyclic) bond motifs is 1. The molecule has 1 aromatic rings. The van der Waals surface area contributed by atoms with Crippen LogP contribution in [0.5, 0.6) is 0 Å². The Balaban J connectivity index is 2.13. The van der Waals surface area contributed by atoms with Gasteiger partial charge in [0.1, 0.15) is 11.9 Å². The molecule has 0 atom stereocenters. The highest BCUT2D eigenvalue weighted by molar-refractivity contribution is 5.69. The molecule has 0 aliphatic carbocycles. The molecule has 0 bridgehead atoms. The standard InChI is InChI=1S/C11H15FN4O2/c1-11(2,3)18-10(17)16-4-7-8(5-16)13-6-14-9(7)15-12/h6H,4-5H2,1-3H3,(H,13,14,15). The molecule has 6 nitrogen and oxygen atoms in total. The van der Waals surface area contributed by atoms with E-state index in [9.17, 15) is 9.28 Å². The van der Waals surface area contributed by atoms with Gasteiger partial charge in [0.25, 0.3) is 0 Å². The van der Waals surface area contributed by atoms with Gasteiger partial charge >= 0.3 is 6.09 Å². The first-order valence-electron chi connectivity index (χ1n) is 5.58. The van der Waals surface area contributed by atoms with Gasteiger partial charge < -0.3 is 4.74 Å². The van der Waals surface area contributed by atoms with Crippen molar-refractivity contribution in [2.45, 2.75) is 39.5 Å². The summed E-state index contributed by atoms with van der Waals surface area (Å²) in [7, 11) is 0. The van der Waals surface area contributed by atoms with Crippen LogP contribution in [-0.2, 0) is 17.8 Å². The highest BCUT2D eigenvalue weighted by atomic mass is 19.2. The molecule has 0 aromatic carbocycles. The number of ether oxygens (including phenoxy) is 1. The quantitative estimate of drug-likeness (QED) is 0.776. The molecule has 0 saturated heterocycles. The SMILES string of the molecule is CC(C)(C)OC(=O)N1Cc2ncnc(NF)c2C1. The third-order valence-electron chi connectivity index (χ3n) is 2.47. The zero-order chi connectivity index (χ0) is 13.3. The number of nitrogens with zero attached hydrogens (tertiary/aromatic N) is 3. The molecule has 2 heterocycles. The Labute approximate surface area is 104 Å². The van der Waals surface area contributed by atoms with E-state index in [4.69, 9.17) is 4.74 Å². The van der Waals surface area contributed by atoms with Gasteiger partial charge in [-0.3, -0.25) is 4.90 Å². The molecule has 0 saturated carbocycles. The minimum Gasteiger partial charge on any atom is -0.444 e. The average molecular weight is 254 g/mol. The molecule has 98 valence electrons. The summed E-state index contributed by atoms with van der Waals surface area (Å²) in [5.74, 6) is 0.103. The van der Waals surface area contributed by atoms with Crippen LogP contribution in [0.2, 0.25) is 0 Å². The van der Waals surface area contributed by atoms with Crippen molar-refractivity contribution in [3.05, 3.63) is 17.6 Å². The third kappa shape index (κ3) is 2.49. The summed E-state index contributed by atoms with van der Waals surface area (Å²) in [6.45, 7) is 5.94. The second-order valence-corrected chi connectivity index (χ2v) is 5.08. The first-order valence-corrected chi connectivity index (χ1v) is 5.58. The fourth-order valence-electron chi connectivity index (χ4n) is 1.72. The predicted octanol–water partition coefficient (Wildman–Crippen LogP) is 2.02. The summed E-state index contributed by atoms with van der Waals surface area (Å²) < 4.78 is 17.8. The normalized spacial score (nSPS) is 14.3. The number of hydrogen-bond donors (Lipinski definition) is 1. The zero-order valence-corrected chi connectivity index (χ0v) is 10.5. The maximum absolute atomic E-state index is 12.5. The van der Waals surface area contributed by atoms with Crippen molar-refractivity contribution in [3.8, 4) is 0 Å². The lowest BCUT2D eigenvalue weighted by molar-refractivity contribution is 0.0241. The fourth-order valence-corrected chi connectivity index (χ4v) is 1.72. The first-order chi connectivity index (χ1) is 8.40. The lowest BCUT2D eigenvalue weighted by Crippen LogP contribution is -2.33. The molecule has 0 radical (unpaired) electrons. The van der Waals surface area contributed by atoms with Crippen LogP contribution in [0, 0.1) is 0 Å². The number of nitrogens with one attached hydrogen (secondary N) is 1. The van der Waals surface area contributed by atoms with E-state index in [1.807, 2.05) is 0 Å². The summed E-state index contributed by atoms with van der Waals surface area (Å²) in [6.07, 6.45) is 0.824. The van der Waals surface area contributed by atoms with Crippen LogP contribution >= 0.6 is 0 Å². The predicted molar refractivity (Wildman–Crippen MR) is 62.2 cm³/mol. The second-order valence-electron chi connectivity index (χ2n) is 5.08. The number of anilines is 1. The largest absolute Gasteiger partial charge is 0.444 e. The van der Waals surface area contributed by atoms with Gasteiger partial charge in [-0.15, -0.1) is 4.48 Å². The van der Waals surface area contributed by atoms with Gasteiger partial charge in [-0.2, -0.15) is 0 Å². The van der Waals surface area contributed by atoms with Gasteiger partial charge in [0, 0.05) is 5.56 Å². The van der Waals surface area contributed by atoms with Gasteiger partial charge in [0.15, 0.2) is 5.82 Å². The molecule has 18 heavy (non-hydrogen) atoms. The van der Waals surface area contributed by atoms with Crippen LogP contribution in [0.25, 0.3) is 0 Å². The lowest BCUT2D eigenvalue weighted by Gasteiger charge is -2.23. The molecule has 1 amide bonds. The molecular formula is C11H15FN4O2. The Kier molecular flexibility index (Phi) is 3.06. The summed E-state index contributed by atoms with van der Waals surface area (Å²) in [4.78, 5) is 21.1. The second kappa shape index (κ2) is 4.40. The van der Waals surface area contributed by atoms with E-state index >= 15 is 0 Å². The van der Waals surface area contributed by atoms with Crippen LogP contribution in [-0.4, -0.2) is 26.6 Å². The van der Waals surface area contributed by atoms with Crippen LogP contribution in [0.4, 0.5) is 15.1 Å². The number of halogens is 1. The average Bonchev–Trinajstić information content (AvgIpc) is 2.70. The Morgan fingerprint density at radius 2 is 2.17 bits per heavy atom. The van der Waals surface area contributed by atoms with Crippen molar-refractivity contribution in [2.75, 3.05) is 5.54 Å². The molecule has 1 aromatic heterocycles. The highest BCUT2D eigenvalue weighted by Gasteiger charge is 2.30. The van der Waals surface area contributed by atoms with E-state index < -0.39 is 11.7 Å². The highest BCUT2D eigenvalue weighted by Crippen LogP contribution is 2.27. The van der Waals surface area contributed by atoms with Crippen LogP contribution in [0.1, 0.15) is 32.0 Å². The van der Waals surface area contributed by atoms with E-state index in [1.165, 1.54) is 16.8 Å². The van der Waals surface area contributed by atoms with Crippen molar-refractivity contribution in [1.29, 1.82) is 0 Å². The number of aromatic nitrogens is 2. The molecule has 7 heteroatoms. The summed E-state index contributed by atoms with van der Waals surface area (Å²) >= 11 is 0. The number of carbonyl (C=O) groups is 1. The Morgan fingerprint density at radius 3 is 2.78 bits per heavy atom. The Hall–Kier alpha value is -1.92. The topological polar surface area (TPSA) is 67.3 Å². The van der Waals surface area contributed by atoms with E-state index in [-0.39, 0.29) is 12.4 Å². The lowest BCUT2D eigenvalue weighted by atomic mass is 10.2. The first kappa shape index (κ1) is 12.5. The van der Waals surface area contributed by atoms with Gasteiger partial charge in [0.2, 0.25) is 0 Å². The minimum atomic E-state index is -0.557. The van der Waals surface area contributed by atoms with E-state index in [2.05, 4.69) is 9.97 Å². The molecule has 1 aliphatic heterocycles. The smallest absolute Gasteiger partial charge is 0.410 e. The number of carbonyl (C=O) groups excluding carboxylic acids is 1. The maximum Gasteiger partial charge on any atom is 0.410 e. The van der Waals surface area contributed by atoms with Gasteiger partial charge in [-0.1, -0.05) is 0 Å². The van der Waals surface area contributed by atoms with Crippen molar-refractivity contribution in [3.63, 3.8) is 0 Å². The number of hydrogen-bond acceptors (Lipinski definition) is 5. The van der Waals surface area contributed by atoms with Gasteiger partial charge in [-0.25, -0.2) is 20.3 Å². The van der Waals surface area contributed by atoms with Crippen molar-refractivity contribution < 1.29 is 14.0 Å². The van der Waals surface area contributed by atoms with Crippen molar-refractivity contribution in [1.82, 2.24) is 14.9 Å². The van der Waals surface area contributed by atoms with Crippen molar-refractivity contribution >= 4 is 11.9 Å². The summed E-state index contributed by atoms with van der Waals surface area (Å²) in [5.41, 5.74) is 2.17. The van der Waals surface area contributed by atoms with Crippen LogP contribution in [0.3, 0.4) is 0 Å². The van der Waals surface area contributed by atoms with E-state index in [1.54, 1.807) is 20.8 Å². The van der Waals surface area contributed by atoms with Crippen LogP contribution in [0.15, 0.2) is 6.33 Å². The van der Waals surface area contributed by atoms with Crippen LogP contribution < -0.4 is 5.54 Å². The molecule has 0 spiro atoms. The molecule has 0 fully saturated rings. The van der Waals surface area contributed by atoms with E-state index in [0.29, 0.717) is 17.8 Å². The third-order valence-corrected chi connectivity index (χ3v) is 2.47. The fraction of sp³-hybridized carbons (Fsp3) is 0.545. The van der Waals surface area contributed by atoms with Gasteiger partial charge in [0.05, 0.1) is 18.8 Å². The zero-order valence-electron chi connectivity index (χ0n) is 10.5. The Morgan fingerprint density at radius 1 is 1.44 bits per heavy atom. The molecule has 1 aliphatic rings. The van der Waals surface area contributed by atoms with Gasteiger partial charge in [-0.05, 0) is 20.8 Å². The van der Waals surface area contributed by atoms with Crippen molar-refractivity contribution in [2.24, 2.45) is 0 Å². The maximum atomic E-state index is 12.5. The molecule has 1 N–H and O–H groups in total. The van der Waals surface area contributed by atoms with E-state index in [0.717, 1.165) is 0 Å². The molecular weight excluding hydrogens is 239 g/mol. The minimum absolute atomic E-state index is 0.103. The molecule has 2 rings (SSSR count). The monoisotopic (exact) mass is 254 g/mol. The Bertz CT molecular complexity index is 473. The summed E-state index contributed by atoms with van der Waals surface area (Å²) in [6, 6.07) is 0. The molecule has 0 unspecified atom stereocenters. The number of amides is 1. The number of rotatable bonds is 1. The summed E-state index contributed by atoms with van der Waals surface area (Å²) in [5, 5.41) is 0.